The molecule has 0 spiro atoms. The van der Waals surface area contributed by atoms with Gasteiger partial charge in [-0.05, 0) is 37.5 Å². The van der Waals surface area contributed by atoms with E-state index in [1.54, 1.807) is 0 Å². The van der Waals surface area contributed by atoms with E-state index >= 15 is 0 Å². The topological polar surface area (TPSA) is 51.0 Å². The molecule has 0 amide bonds. The number of hydrogen-bond acceptors (Lipinski definition) is 5. The molecular formula is C13H13N3OS. The Morgan fingerprint density at radius 1 is 1.28 bits per heavy atom. The van der Waals surface area contributed by atoms with Crippen molar-refractivity contribution >= 4 is 27.4 Å². The number of rotatable bonds is 3. The lowest BCUT2D eigenvalue weighted by molar-refractivity contribution is 0.478. The highest BCUT2D eigenvalue weighted by Crippen LogP contribution is 2.27. The summed E-state index contributed by atoms with van der Waals surface area (Å²) in [5.74, 6) is 1.59. The Morgan fingerprint density at radius 2 is 2.11 bits per heavy atom. The minimum atomic E-state index is 0.584. The summed E-state index contributed by atoms with van der Waals surface area (Å²) >= 11 is 1.46. The largest absolute Gasteiger partial charge is 0.444 e. The number of benzene rings is 1. The smallest absolute Gasteiger partial charge is 0.213 e. The first-order chi connectivity index (χ1) is 8.74. The lowest BCUT2D eigenvalue weighted by atomic mass is 10.2. The molecule has 2 heterocycles. The van der Waals surface area contributed by atoms with Gasteiger partial charge < -0.3 is 9.73 Å². The Kier molecular flexibility index (Phi) is 2.76. The van der Waals surface area contributed by atoms with Crippen LogP contribution in [0.1, 0.15) is 17.3 Å². The Balaban J connectivity index is 1.81. The number of aryl methyl sites for hydroxylation is 2. The van der Waals surface area contributed by atoms with Crippen LogP contribution in [0.15, 0.2) is 28.7 Å². The average molecular weight is 259 g/mol. The van der Waals surface area contributed by atoms with Crippen molar-refractivity contribution in [2.24, 2.45) is 0 Å². The molecule has 0 saturated carbocycles. The second-order valence-corrected chi connectivity index (χ2v) is 4.90. The summed E-state index contributed by atoms with van der Waals surface area (Å²) in [5.41, 5.74) is 1.96. The Hall–Kier alpha value is -1.88. The predicted molar refractivity (Wildman–Crippen MR) is 72.9 cm³/mol. The third kappa shape index (κ3) is 1.97. The SMILES string of the molecule is Cc1nc(CNc2snc3ccccc23)oc1C. The minimum absolute atomic E-state index is 0.584. The Morgan fingerprint density at radius 3 is 2.89 bits per heavy atom. The summed E-state index contributed by atoms with van der Waals surface area (Å²) in [5, 5.41) is 5.52. The standard InChI is InChI=1S/C13H13N3OS/c1-8-9(2)17-12(15-8)7-14-13-10-5-3-4-6-11(10)16-18-13/h3-6,14H,7H2,1-2H3. The van der Waals surface area contributed by atoms with Crippen molar-refractivity contribution < 1.29 is 4.42 Å². The molecule has 0 radical (unpaired) electrons. The highest BCUT2D eigenvalue weighted by molar-refractivity contribution is 7.11. The van der Waals surface area contributed by atoms with Crippen LogP contribution in [-0.2, 0) is 6.54 Å². The van der Waals surface area contributed by atoms with Crippen LogP contribution in [0.2, 0.25) is 0 Å². The molecule has 3 aromatic rings. The number of fused-ring (bicyclic) bond motifs is 1. The monoisotopic (exact) mass is 259 g/mol. The van der Waals surface area contributed by atoms with Crippen LogP contribution in [0.25, 0.3) is 10.9 Å². The van der Waals surface area contributed by atoms with E-state index in [1.807, 2.05) is 32.0 Å². The number of anilines is 1. The van der Waals surface area contributed by atoms with Crippen molar-refractivity contribution in [1.82, 2.24) is 9.36 Å². The van der Waals surface area contributed by atoms with E-state index in [2.05, 4.69) is 20.7 Å². The van der Waals surface area contributed by atoms with Crippen molar-refractivity contribution in [1.29, 1.82) is 0 Å². The van der Waals surface area contributed by atoms with Crippen molar-refractivity contribution in [3.05, 3.63) is 41.6 Å². The molecule has 3 rings (SSSR count). The van der Waals surface area contributed by atoms with Crippen LogP contribution in [0.3, 0.4) is 0 Å². The number of aromatic nitrogens is 2. The van der Waals surface area contributed by atoms with Crippen LogP contribution < -0.4 is 5.32 Å². The molecule has 0 unspecified atom stereocenters. The lowest BCUT2D eigenvalue weighted by Crippen LogP contribution is -1.98. The molecule has 0 bridgehead atoms. The number of hydrogen-bond donors (Lipinski definition) is 1. The molecule has 1 aromatic carbocycles. The molecule has 0 saturated heterocycles. The molecule has 0 aliphatic heterocycles. The summed E-state index contributed by atoms with van der Waals surface area (Å²) in [7, 11) is 0. The lowest BCUT2D eigenvalue weighted by Gasteiger charge is -1.99. The van der Waals surface area contributed by atoms with Crippen molar-refractivity contribution in [3.63, 3.8) is 0 Å². The van der Waals surface area contributed by atoms with Gasteiger partial charge in [0.05, 0.1) is 17.8 Å². The third-order valence-electron chi connectivity index (χ3n) is 2.86. The van der Waals surface area contributed by atoms with E-state index in [9.17, 15) is 0 Å². The van der Waals surface area contributed by atoms with Crippen molar-refractivity contribution in [2.75, 3.05) is 5.32 Å². The van der Waals surface area contributed by atoms with Gasteiger partial charge in [-0.25, -0.2) is 4.98 Å². The maximum absolute atomic E-state index is 5.54. The van der Waals surface area contributed by atoms with E-state index in [0.29, 0.717) is 12.4 Å². The Bertz CT molecular complexity index is 667. The summed E-state index contributed by atoms with van der Waals surface area (Å²) in [4.78, 5) is 4.34. The second-order valence-electron chi connectivity index (χ2n) is 4.13. The third-order valence-corrected chi connectivity index (χ3v) is 3.69. The highest BCUT2D eigenvalue weighted by atomic mass is 32.1. The number of oxazole rings is 1. The zero-order valence-corrected chi connectivity index (χ0v) is 11.0. The van der Waals surface area contributed by atoms with E-state index < -0.39 is 0 Å². The van der Waals surface area contributed by atoms with Gasteiger partial charge in [-0.2, -0.15) is 4.37 Å². The summed E-state index contributed by atoms with van der Waals surface area (Å²) in [6.45, 7) is 4.46. The molecule has 1 N–H and O–H groups in total. The fraction of sp³-hybridized carbons (Fsp3) is 0.231. The van der Waals surface area contributed by atoms with Crippen LogP contribution in [0.5, 0.6) is 0 Å². The number of nitrogens with one attached hydrogen (secondary N) is 1. The first kappa shape index (κ1) is 11.2. The maximum Gasteiger partial charge on any atom is 0.213 e. The quantitative estimate of drug-likeness (QED) is 0.782. The fourth-order valence-corrected chi connectivity index (χ4v) is 2.54. The summed E-state index contributed by atoms with van der Waals surface area (Å²) in [6.07, 6.45) is 0. The zero-order valence-electron chi connectivity index (χ0n) is 10.2. The Labute approximate surface area is 109 Å². The first-order valence-electron chi connectivity index (χ1n) is 5.75. The van der Waals surface area contributed by atoms with Gasteiger partial charge in [-0.1, -0.05) is 12.1 Å². The van der Waals surface area contributed by atoms with Crippen molar-refractivity contribution in [3.8, 4) is 0 Å². The van der Waals surface area contributed by atoms with E-state index in [1.165, 1.54) is 11.5 Å². The molecule has 5 heteroatoms. The summed E-state index contributed by atoms with van der Waals surface area (Å²) in [6, 6.07) is 8.08. The average Bonchev–Trinajstić information content (AvgIpc) is 2.92. The van der Waals surface area contributed by atoms with Gasteiger partial charge >= 0.3 is 0 Å². The van der Waals surface area contributed by atoms with E-state index in [-0.39, 0.29) is 0 Å². The van der Waals surface area contributed by atoms with Gasteiger partial charge in [0.15, 0.2) is 0 Å². The molecule has 0 aliphatic rings. The highest BCUT2D eigenvalue weighted by Gasteiger charge is 2.08. The van der Waals surface area contributed by atoms with Gasteiger partial charge in [0.25, 0.3) is 0 Å². The van der Waals surface area contributed by atoms with E-state index in [0.717, 1.165) is 27.4 Å². The molecule has 2 aromatic heterocycles. The molecular weight excluding hydrogens is 246 g/mol. The fourth-order valence-electron chi connectivity index (χ4n) is 1.79. The first-order valence-corrected chi connectivity index (χ1v) is 6.52. The molecule has 0 atom stereocenters. The predicted octanol–water partition coefficient (Wildman–Crippen LogP) is 3.51. The minimum Gasteiger partial charge on any atom is -0.444 e. The van der Waals surface area contributed by atoms with Gasteiger partial charge in [0.1, 0.15) is 10.8 Å². The molecule has 0 aliphatic carbocycles. The summed E-state index contributed by atoms with van der Waals surface area (Å²) < 4.78 is 9.92. The van der Waals surface area contributed by atoms with Crippen LogP contribution >= 0.6 is 11.5 Å². The molecule has 0 fully saturated rings. The second kappa shape index (κ2) is 4.42. The van der Waals surface area contributed by atoms with Gasteiger partial charge in [0.2, 0.25) is 5.89 Å². The van der Waals surface area contributed by atoms with Gasteiger partial charge in [0, 0.05) is 5.39 Å². The molecule has 92 valence electrons. The van der Waals surface area contributed by atoms with Crippen LogP contribution in [0.4, 0.5) is 5.00 Å². The zero-order chi connectivity index (χ0) is 12.5. The van der Waals surface area contributed by atoms with Crippen molar-refractivity contribution in [2.45, 2.75) is 20.4 Å². The van der Waals surface area contributed by atoms with Gasteiger partial charge in [-0.3, -0.25) is 0 Å². The van der Waals surface area contributed by atoms with Crippen LogP contribution in [0, 0.1) is 13.8 Å². The molecule has 4 nitrogen and oxygen atoms in total. The number of nitrogens with zero attached hydrogens (tertiary/aromatic N) is 2. The maximum atomic E-state index is 5.54. The van der Waals surface area contributed by atoms with E-state index in [4.69, 9.17) is 4.42 Å². The molecule has 18 heavy (non-hydrogen) atoms. The van der Waals surface area contributed by atoms with Crippen LogP contribution in [-0.4, -0.2) is 9.36 Å². The normalized spacial score (nSPS) is 11.0. The van der Waals surface area contributed by atoms with Gasteiger partial charge in [-0.15, -0.1) is 0 Å².